The molecule has 1 aromatic carbocycles. The van der Waals surface area contributed by atoms with Gasteiger partial charge in [-0.25, -0.2) is 9.37 Å². The molecule has 1 N–H and O–H groups in total. The van der Waals surface area contributed by atoms with E-state index in [-0.39, 0.29) is 23.7 Å². The van der Waals surface area contributed by atoms with Crippen LogP contribution in [0.5, 0.6) is 5.75 Å². The van der Waals surface area contributed by atoms with Crippen LogP contribution >= 0.6 is 0 Å². The largest absolute Gasteiger partial charge is 0.497 e. The second kappa shape index (κ2) is 7.23. The van der Waals surface area contributed by atoms with Gasteiger partial charge < -0.3 is 14.5 Å². The highest BCUT2D eigenvalue weighted by Crippen LogP contribution is 2.23. The number of ether oxygens (including phenoxy) is 1. The first-order valence-electron chi connectivity index (χ1n) is 8.30. The number of nitrogens with one attached hydrogen (secondary N) is 1. The van der Waals surface area contributed by atoms with Gasteiger partial charge in [0.1, 0.15) is 17.3 Å². The van der Waals surface area contributed by atoms with Crippen molar-refractivity contribution >= 4 is 5.91 Å². The zero-order valence-corrected chi connectivity index (χ0v) is 14.6. The highest BCUT2D eigenvalue weighted by molar-refractivity contribution is 5.89. The van der Waals surface area contributed by atoms with Crippen LogP contribution in [0.2, 0.25) is 0 Å². The van der Waals surface area contributed by atoms with E-state index >= 15 is 0 Å². The number of fused-ring (bicyclic) bond motifs is 1. The molecule has 1 aliphatic rings. The van der Waals surface area contributed by atoms with Gasteiger partial charge in [0, 0.05) is 43.7 Å². The number of hydrogen-bond donors (Lipinski definition) is 1. The molecule has 0 atom stereocenters. The van der Waals surface area contributed by atoms with Gasteiger partial charge in [-0.2, -0.15) is 0 Å². The third-order valence-electron chi connectivity index (χ3n) is 4.07. The van der Waals surface area contributed by atoms with Crippen molar-refractivity contribution in [2.45, 2.75) is 39.4 Å². The van der Waals surface area contributed by atoms with Crippen LogP contribution in [0.1, 0.15) is 41.6 Å². The van der Waals surface area contributed by atoms with E-state index in [0.29, 0.717) is 30.8 Å². The first-order chi connectivity index (χ1) is 12.0. The number of carbonyl (C=O) groups excluding carboxylic acids is 1. The molecule has 7 heteroatoms. The lowest BCUT2D eigenvalue weighted by atomic mass is 10.1. The fourth-order valence-electron chi connectivity index (χ4n) is 2.83. The molecule has 0 saturated carbocycles. The van der Waals surface area contributed by atoms with Crippen molar-refractivity contribution in [2.75, 3.05) is 13.7 Å². The van der Waals surface area contributed by atoms with Crippen molar-refractivity contribution in [1.29, 1.82) is 0 Å². The van der Waals surface area contributed by atoms with Gasteiger partial charge in [-0.05, 0) is 19.9 Å². The Balaban J connectivity index is 1.69. The zero-order valence-electron chi connectivity index (χ0n) is 14.6. The van der Waals surface area contributed by atoms with Gasteiger partial charge in [-0.15, -0.1) is 0 Å². The van der Waals surface area contributed by atoms with Crippen molar-refractivity contribution in [2.24, 2.45) is 0 Å². The summed E-state index contributed by atoms with van der Waals surface area (Å²) < 4.78 is 24.7. The van der Waals surface area contributed by atoms with Gasteiger partial charge in [-0.3, -0.25) is 9.69 Å². The Kier molecular flexibility index (Phi) is 5.03. The second-order valence-corrected chi connectivity index (χ2v) is 6.44. The van der Waals surface area contributed by atoms with E-state index < -0.39 is 0 Å². The Labute approximate surface area is 146 Å². The van der Waals surface area contributed by atoms with Crippen molar-refractivity contribution in [3.8, 4) is 5.75 Å². The summed E-state index contributed by atoms with van der Waals surface area (Å²) >= 11 is 0. The first kappa shape index (κ1) is 17.4. The minimum Gasteiger partial charge on any atom is -0.497 e. The average Bonchev–Trinajstić information content (AvgIpc) is 2.99. The van der Waals surface area contributed by atoms with Gasteiger partial charge in [0.15, 0.2) is 0 Å². The molecule has 2 aromatic rings. The molecule has 134 valence electrons. The van der Waals surface area contributed by atoms with Crippen molar-refractivity contribution in [3.63, 3.8) is 0 Å². The summed E-state index contributed by atoms with van der Waals surface area (Å²) in [5.74, 6) is 0.732. The highest BCUT2D eigenvalue weighted by atomic mass is 19.1. The van der Waals surface area contributed by atoms with Gasteiger partial charge in [0.25, 0.3) is 5.89 Å². The Morgan fingerprint density at radius 1 is 1.48 bits per heavy atom. The maximum Gasteiger partial charge on any atom is 0.307 e. The van der Waals surface area contributed by atoms with Crippen LogP contribution in [0.3, 0.4) is 0 Å². The van der Waals surface area contributed by atoms with E-state index in [4.69, 9.17) is 9.15 Å². The summed E-state index contributed by atoms with van der Waals surface area (Å²) in [7, 11) is 1.51. The summed E-state index contributed by atoms with van der Waals surface area (Å²) in [6.45, 7) is 5.48. The minimum absolute atomic E-state index is 0.0194. The lowest BCUT2D eigenvalue weighted by Crippen LogP contribution is -2.30. The van der Waals surface area contributed by atoms with Crippen LogP contribution < -0.4 is 10.1 Å². The fourth-order valence-corrected chi connectivity index (χ4v) is 2.83. The quantitative estimate of drug-likeness (QED) is 0.900. The molecule has 0 aliphatic carbocycles. The molecule has 0 bridgehead atoms. The van der Waals surface area contributed by atoms with Crippen LogP contribution in [0.15, 0.2) is 22.6 Å². The van der Waals surface area contributed by atoms with E-state index in [0.717, 1.165) is 18.0 Å². The molecule has 0 fully saturated rings. The number of hydrogen-bond acceptors (Lipinski definition) is 5. The van der Waals surface area contributed by atoms with Gasteiger partial charge in [-0.1, -0.05) is 6.07 Å². The summed E-state index contributed by atoms with van der Waals surface area (Å²) in [5.41, 5.74) is 1.35. The molecule has 0 spiro atoms. The molecule has 1 aliphatic heterocycles. The molecule has 3 rings (SSSR count). The predicted octanol–water partition coefficient (Wildman–Crippen LogP) is 2.52. The van der Waals surface area contributed by atoms with Crippen molar-refractivity contribution < 1.29 is 18.3 Å². The van der Waals surface area contributed by atoms with E-state index in [1.165, 1.54) is 13.2 Å². The van der Waals surface area contributed by atoms with Gasteiger partial charge >= 0.3 is 5.91 Å². The first-order valence-corrected chi connectivity index (χ1v) is 8.30. The van der Waals surface area contributed by atoms with Crippen LogP contribution in [0.4, 0.5) is 4.39 Å². The number of aromatic nitrogens is 1. The summed E-state index contributed by atoms with van der Waals surface area (Å²) in [5, 5.41) is 2.77. The van der Waals surface area contributed by atoms with E-state index in [1.807, 2.05) is 13.8 Å². The Morgan fingerprint density at radius 2 is 2.28 bits per heavy atom. The minimum atomic E-state index is -0.308. The SMILES string of the molecule is COc1ccc(CN2CCc3oc(C(=O)NC(C)C)nc3C2)c(F)c1. The monoisotopic (exact) mass is 347 g/mol. The summed E-state index contributed by atoms with van der Waals surface area (Å²) in [4.78, 5) is 18.4. The molecule has 1 amide bonds. The maximum atomic E-state index is 14.1. The molecule has 0 radical (unpaired) electrons. The number of oxazole rings is 1. The molecule has 6 nitrogen and oxygen atoms in total. The smallest absolute Gasteiger partial charge is 0.307 e. The number of methoxy groups -OCH3 is 1. The summed E-state index contributed by atoms with van der Waals surface area (Å²) in [6.07, 6.45) is 0.648. The van der Waals surface area contributed by atoms with Crippen LogP contribution in [-0.2, 0) is 19.5 Å². The van der Waals surface area contributed by atoms with Crippen LogP contribution in [-0.4, -0.2) is 35.5 Å². The molecule has 0 unspecified atom stereocenters. The molecule has 1 aromatic heterocycles. The van der Waals surface area contributed by atoms with Crippen molar-refractivity contribution in [1.82, 2.24) is 15.2 Å². The fraction of sp³-hybridized carbons (Fsp3) is 0.444. The normalized spacial score (nSPS) is 14.4. The number of rotatable bonds is 5. The predicted molar refractivity (Wildman–Crippen MR) is 89.9 cm³/mol. The molecular formula is C18H22FN3O3. The maximum absolute atomic E-state index is 14.1. The standard InChI is InChI=1S/C18H22FN3O3/c1-11(2)20-17(23)18-21-15-10-22(7-6-16(15)25-18)9-12-4-5-13(24-3)8-14(12)19/h4-5,8,11H,6-7,9-10H2,1-3H3,(H,20,23). The zero-order chi connectivity index (χ0) is 18.0. The number of carbonyl (C=O) groups is 1. The average molecular weight is 347 g/mol. The lowest BCUT2D eigenvalue weighted by Gasteiger charge is -2.25. The summed E-state index contributed by atoms with van der Waals surface area (Å²) in [6, 6.07) is 4.88. The number of amides is 1. The Hall–Kier alpha value is -2.41. The third-order valence-corrected chi connectivity index (χ3v) is 4.07. The van der Waals surface area contributed by atoms with Gasteiger partial charge in [0.05, 0.1) is 12.8 Å². The van der Waals surface area contributed by atoms with Crippen LogP contribution in [0, 0.1) is 5.82 Å². The van der Waals surface area contributed by atoms with E-state index in [1.54, 1.807) is 12.1 Å². The third kappa shape index (κ3) is 3.99. The highest BCUT2D eigenvalue weighted by Gasteiger charge is 2.25. The van der Waals surface area contributed by atoms with Crippen molar-refractivity contribution in [3.05, 3.63) is 46.9 Å². The second-order valence-electron chi connectivity index (χ2n) is 6.44. The lowest BCUT2D eigenvalue weighted by molar-refractivity contribution is 0.0906. The Morgan fingerprint density at radius 3 is 2.96 bits per heavy atom. The molecule has 2 heterocycles. The molecule has 25 heavy (non-hydrogen) atoms. The van der Waals surface area contributed by atoms with E-state index in [2.05, 4.69) is 15.2 Å². The van der Waals surface area contributed by atoms with Gasteiger partial charge in [0.2, 0.25) is 0 Å². The molecule has 0 saturated heterocycles. The molecular weight excluding hydrogens is 325 g/mol. The number of nitrogens with zero attached hydrogens (tertiary/aromatic N) is 2. The number of halogens is 1. The topological polar surface area (TPSA) is 67.6 Å². The van der Waals surface area contributed by atoms with Crippen LogP contribution in [0.25, 0.3) is 0 Å². The number of benzene rings is 1. The van der Waals surface area contributed by atoms with E-state index in [9.17, 15) is 9.18 Å². The Bertz CT molecular complexity index is 773.